The number of rotatable bonds is 3. The molecule has 2 rings (SSSR count). The van der Waals surface area contributed by atoms with Gasteiger partial charge in [0, 0.05) is 12.1 Å². The van der Waals surface area contributed by atoms with Crippen LogP contribution in [-0.2, 0) is 6.61 Å². The van der Waals surface area contributed by atoms with Gasteiger partial charge in [-0.15, -0.1) is 0 Å². The van der Waals surface area contributed by atoms with E-state index in [-0.39, 0.29) is 22.2 Å². The number of aliphatic hydroxyl groups is 1. The van der Waals surface area contributed by atoms with Crippen molar-refractivity contribution in [1.29, 1.82) is 5.26 Å². The smallest absolute Gasteiger partial charge is 0.139 e. The van der Waals surface area contributed by atoms with E-state index in [0.717, 1.165) is 11.0 Å². The van der Waals surface area contributed by atoms with E-state index in [2.05, 4.69) is 0 Å². The maximum atomic E-state index is 9.23. The van der Waals surface area contributed by atoms with Crippen LogP contribution in [0, 0.1) is 11.3 Å². The molecule has 0 fully saturated rings. The lowest BCUT2D eigenvalue weighted by Crippen LogP contribution is -2.09. The molecule has 1 N–H and O–H groups in total. The van der Waals surface area contributed by atoms with Crippen molar-refractivity contribution in [3.05, 3.63) is 51.5 Å². The lowest BCUT2D eigenvalue weighted by molar-refractivity contribution is 0.282. The zero-order chi connectivity index (χ0) is 14.7. The van der Waals surface area contributed by atoms with Crippen molar-refractivity contribution in [2.24, 2.45) is 0 Å². The van der Waals surface area contributed by atoms with E-state index in [9.17, 15) is 5.11 Å². The third kappa shape index (κ3) is 3.08. The minimum Gasteiger partial charge on any atom is -0.457 e. The molecule has 0 atom stereocenters. The molecule has 2 aromatic rings. The summed E-state index contributed by atoms with van der Waals surface area (Å²) in [5.41, 5.74) is 1.99. The Labute approximate surface area is 127 Å². The predicted octanol–water partition coefficient (Wildman–Crippen LogP) is 2.41. The minimum atomic E-state index is -0.0576. The van der Waals surface area contributed by atoms with Crippen LogP contribution in [0.1, 0.15) is 11.1 Å². The Kier molecular flexibility index (Phi) is 4.56. The largest absolute Gasteiger partial charge is 0.457 e. The number of hydrogen-bond donors (Lipinski definition) is 1. The Morgan fingerprint density at radius 3 is 2.35 bits per heavy atom. The van der Waals surface area contributed by atoms with Crippen molar-refractivity contribution in [3.63, 3.8) is 0 Å². The highest BCUT2D eigenvalue weighted by Gasteiger charge is 2.09. The number of nitrogens with zero attached hydrogens (tertiary/aromatic N) is 1. The fourth-order valence-electron chi connectivity index (χ4n) is 1.73. The first-order chi connectivity index (χ1) is 9.55. The van der Waals surface area contributed by atoms with E-state index in [4.69, 9.17) is 33.2 Å². The van der Waals surface area contributed by atoms with Gasteiger partial charge < -0.3 is 9.84 Å². The Hall–Kier alpha value is -1.67. The normalized spacial score (nSPS) is 10.1. The lowest BCUT2D eigenvalue weighted by atomic mass is 9.91. The van der Waals surface area contributed by atoms with Crippen molar-refractivity contribution in [3.8, 4) is 17.6 Å². The molecular formula is C14H10BCl2NO2. The third-order valence-electron chi connectivity index (χ3n) is 2.85. The van der Waals surface area contributed by atoms with E-state index in [1.54, 1.807) is 12.1 Å². The van der Waals surface area contributed by atoms with Crippen LogP contribution in [-0.4, -0.2) is 13.0 Å². The van der Waals surface area contributed by atoms with E-state index < -0.39 is 0 Å². The molecule has 0 bridgehead atoms. The molecule has 0 saturated carbocycles. The van der Waals surface area contributed by atoms with Gasteiger partial charge in [-0.05, 0) is 17.7 Å². The predicted molar refractivity (Wildman–Crippen MR) is 81.8 cm³/mol. The number of hydrogen-bond acceptors (Lipinski definition) is 3. The lowest BCUT2D eigenvalue weighted by Gasteiger charge is -2.10. The average molecular weight is 306 g/mol. The number of ether oxygens (including phenoxy) is 1. The fraction of sp³-hybridized carbons (Fsp3) is 0.0714. The van der Waals surface area contributed by atoms with Gasteiger partial charge in [-0.2, -0.15) is 5.26 Å². The highest BCUT2D eigenvalue weighted by molar-refractivity contribution is 6.36. The van der Waals surface area contributed by atoms with E-state index in [1.165, 1.54) is 12.1 Å². The van der Waals surface area contributed by atoms with Crippen molar-refractivity contribution in [2.45, 2.75) is 6.61 Å². The highest BCUT2D eigenvalue weighted by Crippen LogP contribution is 2.32. The van der Waals surface area contributed by atoms with Crippen LogP contribution in [0.2, 0.25) is 10.0 Å². The molecule has 0 saturated heterocycles. The van der Waals surface area contributed by atoms with Gasteiger partial charge >= 0.3 is 0 Å². The number of benzene rings is 2. The summed E-state index contributed by atoms with van der Waals surface area (Å²) in [4.78, 5) is 0. The summed E-state index contributed by atoms with van der Waals surface area (Å²) in [6.07, 6.45) is 0. The second-order valence-corrected chi connectivity index (χ2v) is 5.04. The number of aliphatic hydroxyl groups excluding tert-OH is 1. The monoisotopic (exact) mass is 305 g/mol. The molecule has 0 amide bonds. The van der Waals surface area contributed by atoms with Crippen LogP contribution in [0.3, 0.4) is 0 Å². The summed E-state index contributed by atoms with van der Waals surface area (Å²) in [6, 6.07) is 10.4. The third-order valence-corrected chi connectivity index (χ3v) is 3.45. The molecular weight excluding hydrogens is 296 g/mol. The zero-order valence-electron chi connectivity index (χ0n) is 10.7. The molecule has 20 heavy (non-hydrogen) atoms. The first-order valence-electron chi connectivity index (χ1n) is 5.82. The minimum absolute atomic E-state index is 0.0576. The molecule has 3 nitrogen and oxygen atoms in total. The summed E-state index contributed by atoms with van der Waals surface area (Å²) < 4.78 is 5.65. The molecule has 100 valence electrons. The Balaban J connectivity index is 2.33. The first-order valence-corrected chi connectivity index (χ1v) is 6.58. The Bertz CT molecular complexity index is 675. The van der Waals surface area contributed by atoms with Gasteiger partial charge in [0.05, 0.1) is 22.2 Å². The highest BCUT2D eigenvalue weighted by atomic mass is 35.5. The molecule has 0 aliphatic rings. The average Bonchev–Trinajstić information content (AvgIpc) is 2.40. The topological polar surface area (TPSA) is 53.2 Å². The van der Waals surface area contributed by atoms with Gasteiger partial charge in [0.2, 0.25) is 0 Å². The molecule has 0 spiro atoms. The van der Waals surface area contributed by atoms with E-state index in [0.29, 0.717) is 11.5 Å². The molecule has 0 aliphatic heterocycles. The zero-order valence-corrected chi connectivity index (χ0v) is 12.2. The van der Waals surface area contributed by atoms with Crippen molar-refractivity contribution in [1.82, 2.24) is 0 Å². The van der Waals surface area contributed by atoms with Gasteiger partial charge in [0.1, 0.15) is 25.4 Å². The van der Waals surface area contributed by atoms with Crippen LogP contribution in [0.5, 0.6) is 11.5 Å². The molecule has 0 aliphatic carbocycles. The van der Waals surface area contributed by atoms with Gasteiger partial charge in [-0.3, -0.25) is 0 Å². The molecule has 0 aromatic heterocycles. The molecule has 0 heterocycles. The van der Waals surface area contributed by atoms with Crippen LogP contribution in [0.15, 0.2) is 30.3 Å². The molecule has 0 radical (unpaired) electrons. The van der Waals surface area contributed by atoms with Crippen LogP contribution < -0.4 is 10.2 Å². The summed E-state index contributed by atoms with van der Waals surface area (Å²) in [7, 11) is 1.91. The van der Waals surface area contributed by atoms with E-state index >= 15 is 0 Å². The summed E-state index contributed by atoms with van der Waals surface area (Å²) in [5, 5.41) is 18.6. The van der Waals surface area contributed by atoms with Gasteiger partial charge in [-0.25, -0.2) is 0 Å². The quantitative estimate of drug-likeness (QED) is 0.886. The van der Waals surface area contributed by atoms with Crippen molar-refractivity contribution >= 4 is 36.5 Å². The fourth-order valence-corrected chi connectivity index (χ4v) is 2.28. The number of nitriles is 1. The van der Waals surface area contributed by atoms with Crippen LogP contribution >= 0.6 is 23.2 Å². The SMILES string of the molecule is Bc1ccc(Oc2cc(Cl)c(C#N)c(Cl)c2)cc1CO. The molecule has 6 heteroatoms. The van der Waals surface area contributed by atoms with Crippen molar-refractivity contribution in [2.75, 3.05) is 0 Å². The second kappa shape index (κ2) is 6.19. The maximum absolute atomic E-state index is 9.23. The van der Waals surface area contributed by atoms with Gasteiger partial charge in [-0.1, -0.05) is 34.7 Å². The van der Waals surface area contributed by atoms with E-state index in [1.807, 2.05) is 20.0 Å². The Morgan fingerprint density at radius 1 is 1.15 bits per heavy atom. The summed E-state index contributed by atoms with van der Waals surface area (Å²) in [5.74, 6) is 1.00. The van der Waals surface area contributed by atoms with Gasteiger partial charge in [0.25, 0.3) is 0 Å². The van der Waals surface area contributed by atoms with Crippen LogP contribution in [0.25, 0.3) is 0 Å². The van der Waals surface area contributed by atoms with Crippen LogP contribution in [0.4, 0.5) is 0 Å². The maximum Gasteiger partial charge on any atom is 0.139 e. The first kappa shape index (κ1) is 14.7. The summed E-state index contributed by atoms with van der Waals surface area (Å²) >= 11 is 11.9. The standard InChI is InChI=1S/C14H10BCl2NO2/c15-12-2-1-9(3-8(12)7-19)20-10-4-13(16)11(6-18)14(17)5-10/h1-5,19H,7,15H2. The molecule has 0 unspecified atom stereocenters. The van der Waals surface area contributed by atoms with Crippen molar-refractivity contribution < 1.29 is 9.84 Å². The second-order valence-electron chi connectivity index (χ2n) is 4.22. The van der Waals surface area contributed by atoms with Gasteiger partial charge in [0.15, 0.2) is 0 Å². The molecule has 2 aromatic carbocycles. The number of halogens is 2. The summed E-state index contributed by atoms with van der Waals surface area (Å²) in [6.45, 7) is -0.0576. The Morgan fingerprint density at radius 2 is 1.80 bits per heavy atom.